The standard InChI is InChI=1S/C36H46O15/c1-9-16(2)25(39)49-19-13-20(48-17(3)37)34(28(41)44-8)14-46-22-23(34)33(19)15-47-31(5,27(40)43-7)26(33)30(4,24(22)38)36-21-12-18(32(36,6)51-36)35(42)10-11-45-29(35)50-21/h9-11,18-24,26,29,38,42H,12-15H2,1-8H3/b16-9-/t18?,19-,20+,21+,22+,23+,24+,26+,29?,30+,31-,32?,33-,34-,35?,36+/m0/s1. The smallest absolute Gasteiger partial charge is 0.338 e. The molecule has 8 rings (SSSR count). The molecule has 5 aliphatic heterocycles. The predicted molar refractivity (Wildman–Crippen MR) is 168 cm³/mol. The van der Waals surface area contributed by atoms with Crippen LogP contribution in [0.5, 0.6) is 0 Å². The van der Waals surface area contributed by atoms with E-state index in [1.807, 2.05) is 6.92 Å². The van der Waals surface area contributed by atoms with Crippen molar-refractivity contribution in [1.29, 1.82) is 0 Å². The Kier molecular flexibility index (Phi) is 7.22. The van der Waals surface area contributed by atoms with E-state index in [9.17, 15) is 29.4 Å². The molecule has 0 aromatic heterocycles. The highest BCUT2D eigenvalue weighted by molar-refractivity contribution is 5.88. The van der Waals surface area contributed by atoms with Crippen LogP contribution in [0.3, 0.4) is 0 Å². The Bertz CT molecular complexity index is 1660. The van der Waals surface area contributed by atoms with Crippen molar-refractivity contribution < 1.29 is 72.0 Å². The zero-order valence-electron chi connectivity index (χ0n) is 30.0. The first-order chi connectivity index (χ1) is 23.9. The van der Waals surface area contributed by atoms with Gasteiger partial charge in [-0.1, -0.05) is 13.0 Å². The van der Waals surface area contributed by atoms with Gasteiger partial charge in [0.15, 0.2) is 11.2 Å². The third-order valence-electron chi connectivity index (χ3n) is 14.5. The van der Waals surface area contributed by atoms with Gasteiger partial charge in [0.05, 0.1) is 52.0 Å². The van der Waals surface area contributed by atoms with Crippen molar-refractivity contribution in [1.82, 2.24) is 0 Å². The zero-order chi connectivity index (χ0) is 36.9. The Labute approximate surface area is 294 Å². The minimum absolute atomic E-state index is 0.179. The quantitative estimate of drug-likeness (QED) is 0.170. The molecule has 280 valence electrons. The molecule has 2 N–H and O–H groups in total. The molecule has 8 aliphatic rings. The summed E-state index contributed by atoms with van der Waals surface area (Å²) in [7, 11) is 2.44. The number of rotatable bonds is 6. The third-order valence-corrected chi connectivity index (χ3v) is 14.5. The number of allylic oxidation sites excluding steroid dienone is 1. The van der Waals surface area contributed by atoms with Crippen LogP contribution in [0.15, 0.2) is 24.0 Å². The number of methoxy groups -OCH3 is 2. The predicted octanol–water partition coefficient (Wildman–Crippen LogP) is 0.867. The molecule has 51 heavy (non-hydrogen) atoms. The van der Waals surface area contributed by atoms with E-state index in [0.717, 1.165) is 0 Å². The molecular weight excluding hydrogens is 672 g/mol. The van der Waals surface area contributed by atoms with Crippen molar-refractivity contribution in [3.8, 4) is 0 Å². The van der Waals surface area contributed by atoms with Gasteiger partial charge >= 0.3 is 23.9 Å². The Balaban J connectivity index is 1.40. The summed E-state index contributed by atoms with van der Waals surface area (Å²) in [5, 5.41) is 24.9. The molecule has 5 heterocycles. The molecule has 3 saturated carbocycles. The van der Waals surface area contributed by atoms with Gasteiger partial charge in [0.2, 0.25) is 6.29 Å². The number of aliphatic hydroxyl groups is 2. The molecule has 4 unspecified atom stereocenters. The number of hydrogen-bond acceptors (Lipinski definition) is 15. The zero-order valence-corrected chi connectivity index (χ0v) is 30.0. The molecule has 0 radical (unpaired) electrons. The maximum absolute atomic E-state index is 14.2. The minimum Gasteiger partial charge on any atom is -0.469 e. The van der Waals surface area contributed by atoms with E-state index in [4.69, 9.17) is 42.6 Å². The van der Waals surface area contributed by atoms with Crippen molar-refractivity contribution in [2.45, 2.75) is 114 Å². The lowest BCUT2D eigenvalue weighted by molar-refractivity contribution is -0.299. The summed E-state index contributed by atoms with van der Waals surface area (Å²) in [5.41, 5.74) is -10.3. The molecule has 2 bridgehead atoms. The largest absolute Gasteiger partial charge is 0.469 e. The lowest BCUT2D eigenvalue weighted by Gasteiger charge is -2.66. The van der Waals surface area contributed by atoms with Crippen molar-refractivity contribution in [3.05, 3.63) is 24.0 Å². The number of carbonyl (C=O) groups excluding carboxylic acids is 4. The van der Waals surface area contributed by atoms with Gasteiger partial charge in [0.1, 0.15) is 28.8 Å². The van der Waals surface area contributed by atoms with E-state index in [0.29, 0.717) is 12.0 Å². The monoisotopic (exact) mass is 718 g/mol. The topological polar surface area (TPSA) is 195 Å². The summed E-state index contributed by atoms with van der Waals surface area (Å²) in [4.78, 5) is 54.8. The second-order valence-corrected chi connectivity index (χ2v) is 16.2. The Hall–Kier alpha value is -3.08. The minimum atomic E-state index is -1.82. The van der Waals surface area contributed by atoms with Crippen LogP contribution in [-0.4, -0.2) is 121 Å². The molecule has 15 nitrogen and oxygen atoms in total. The fourth-order valence-corrected chi connectivity index (χ4v) is 12.6. The summed E-state index contributed by atoms with van der Waals surface area (Å²) in [6.45, 7) is 9.15. The van der Waals surface area contributed by atoms with Crippen LogP contribution in [0.4, 0.5) is 0 Å². The summed E-state index contributed by atoms with van der Waals surface area (Å²) in [6.07, 6.45) is -2.09. The number of hydrogen-bond donors (Lipinski definition) is 2. The van der Waals surface area contributed by atoms with Crippen LogP contribution in [0.25, 0.3) is 0 Å². The van der Waals surface area contributed by atoms with Gasteiger partial charge in [-0.15, -0.1) is 0 Å². The second kappa shape index (κ2) is 10.5. The average molecular weight is 719 g/mol. The number of ether oxygens (including phenoxy) is 9. The number of esters is 4. The van der Waals surface area contributed by atoms with Gasteiger partial charge in [0, 0.05) is 47.5 Å². The maximum Gasteiger partial charge on any atom is 0.338 e. The molecule has 15 heteroatoms. The number of carbonyl (C=O) groups is 4. The van der Waals surface area contributed by atoms with E-state index >= 15 is 0 Å². The molecule has 0 amide bonds. The summed E-state index contributed by atoms with van der Waals surface area (Å²) < 4.78 is 55.2. The van der Waals surface area contributed by atoms with Crippen molar-refractivity contribution in [2.75, 3.05) is 27.4 Å². The highest BCUT2D eigenvalue weighted by Crippen LogP contribution is 2.83. The molecule has 16 atom stereocenters. The third kappa shape index (κ3) is 3.66. The maximum atomic E-state index is 14.2. The Morgan fingerprint density at radius 3 is 2.31 bits per heavy atom. The van der Waals surface area contributed by atoms with Gasteiger partial charge in [-0.25, -0.2) is 9.59 Å². The normalized spacial score (nSPS) is 53.9. The molecule has 1 spiro atoms. The van der Waals surface area contributed by atoms with Crippen molar-refractivity contribution in [3.63, 3.8) is 0 Å². The van der Waals surface area contributed by atoms with Crippen molar-refractivity contribution >= 4 is 23.9 Å². The summed E-state index contributed by atoms with van der Waals surface area (Å²) in [5.74, 6) is -5.59. The van der Waals surface area contributed by atoms with Crippen LogP contribution in [-0.2, 0) is 61.8 Å². The van der Waals surface area contributed by atoms with Crippen LogP contribution >= 0.6 is 0 Å². The van der Waals surface area contributed by atoms with Gasteiger partial charge in [-0.2, -0.15) is 0 Å². The van der Waals surface area contributed by atoms with Crippen LogP contribution in [0.2, 0.25) is 0 Å². The van der Waals surface area contributed by atoms with Gasteiger partial charge in [-0.3, -0.25) is 9.59 Å². The van der Waals surface area contributed by atoms with E-state index < -0.39 is 117 Å². The highest BCUT2D eigenvalue weighted by atomic mass is 16.7. The molecular formula is C36H46O15. The first-order valence-electron chi connectivity index (χ1n) is 17.5. The molecule has 3 aliphatic carbocycles. The SMILES string of the molecule is C/C=C(/C)C(=O)O[C@H]1C[C@@H](OC(C)=O)[C@@]2(C(=O)OC)CO[C@H]3[C@@H](O)[C@@](C)([C@@]45OC4(C)C4C[C@H]5OC5OC=CC54O)[C@H]4[C@]1(CO[C@]4(C)C(=O)OC)[C@@H]32. The summed E-state index contributed by atoms with van der Waals surface area (Å²) >= 11 is 0. The van der Waals surface area contributed by atoms with E-state index in [1.165, 1.54) is 27.4 Å². The molecule has 0 aromatic rings. The molecule has 7 fully saturated rings. The van der Waals surface area contributed by atoms with Gasteiger partial charge in [0.25, 0.3) is 0 Å². The number of aliphatic hydroxyl groups excluding tert-OH is 1. The average Bonchev–Trinajstić information content (AvgIpc) is 3.47. The first kappa shape index (κ1) is 35.0. The highest BCUT2D eigenvalue weighted by Gasteiger charge is 2.96. The fourth-order valence-electron chi connectivity index (χ4n) is 12.6. The lowest BCUT2D eigenvalue weighted by atomic mass is 9.36. The van der Waals surface area contributed by atoms with Gasteiger partial charge < -0.3 is 52.8 Å². The van der Waals surface area contributed by atoms with E-state index in [1.54, 1.807) is 39.8 Å². The lowest BCUT2D eigenvalue weighted by Crippen LogP contribution is -2.78. The Morgan fingerprint density at radius 2 is 1.67 bits per heavy atom. The van der Waals surface area contributed by atoms with Gasteiger partial charge in [-0.05, 0) is 40.2 Å². The van der Waals surface area contributed by atoms with E-state index in [2.05, 4.69) is 0 Å². The molecule has 4 saturated heterocycles. The number of epoxide rings is 1. The summed E-state index contributed by atoms with van der Waals surface area (Å²) in [6, 6.07) is 0. The second-order valence-electron chi connectivity index (χ2n) is 16.2. The number of fused-ring (bicyclic) bond motifs is 7. The van der Waals surface area contributed by atoms with Crippen LogP contribution in [0.1, 0.15) is 54.4 Å². The fraction of sp³-hybridized carbons (Fsp3) is 0.778. The molecule has 0 aromatic carbocycles. The van der Waals surface area contributed by atoms with Crippen molar-refractivity contribution in [2.24, 2.45) is 34.0 Å². The first-order valence-corrected chi connectivity index (χ1v) is 17.5. The van der Waals surface area contributed by atoms with E-state index in [-0.39, 0.29) is 19.6 Å². The Morgan fingerprint density at radius 1 is 0.961 bits per heavy atom. The van der Waals surface area contributed by atoms with Crippen LogP contribution < -0.4 is 0 Å². The van der Waals surface area contributed by atoms with Crippen LogP contribution in [0, 0.1) is 34.0 Å².